The Bertz CT molecular complexity index is 911. The lowest BCUT2D eigenvalue weighted by atomic mass is 10.2. The van der Waals surface area contributed by atoms with Crippen LogP contribution in [-0.2, 0) is 24.2 Å². The molecule has 0 spiro atoms. The van der Waals surface area contributed by atoms with Gasteiger partial charge in [0.1, 0.15) is 0 Å². The number of esters is 1. The van der Waals surface area contributed by atoms with Gasteiger partial charge in [-0.1, -0.05) is 19.4 Å². The Balaban J connectivity index is 1.92. The molecule has 1 saturated heterocycles. The minimum Gasteiger partial charge on any atom is -0.490 e. The van der Waals surface area contributed by atoms with Crippen molar-refractivity contribution in [2.45, 2.75) is 46.1 Å². The molecule has 1 amide bonds. The number of carbonyl (C=O) groups excluding carboxylic acids is 2. The summed E-state index contributed by atoms with van der Waals surface area (Å²) in [4.78, 5) is 26.0. The summed E-state index contributed by atoms with van der Waals surface area (Å²) in [7, 11) is -3.10. The number of nitrogens with zero attached hydrogens (tertiary/aromatic N) is 1. The van der Waals surface area contributed by atoms with Crippen LogP contribution in [0.15, 0.2) is 24.3 Å². The van der Waals surface area contributed by atoms with E-state index in [2.05, 4.69) is 6.92 Å². The Labute approximate surface area is 190 Å². The maximum absolute atomic E-state index is 12.4. The zero-order chi connectivity index (χ0) is 23.6. The van der Waals surface area contributed by atoms with Gasteiger partial charge in [0, 0.05) is 18.7 Å². The van der Waals surface area contributed by atoms with Crippen molar-refractivity contribution in [3.63, 3.8) is 0 Å². The smallest absolute Gasteiger partial charge is 0.331 e. The first-order valence-electron chi connectivity index (χ1n) is 11.0. The van der Waals surface area contributed by atoms with Crippen LogP contribution in [0.3, 0.4) is 0 Å². The third-order valence-electron chi connectivity index (χ3n) is 5.08. The van der Waals surface area contributed by atoms with Gasteiger partial charge >= 0.3 is 5.97 Å². The first-order valence-corrected chi connectivity index (χ1v) is 12.9. The molecule has 178 valence electrons. The summed E-state index contributed by atoms with van der Waals surface area (Å²) >= 11 is 0. The minimum atomic E-state index is -3.10. The topological polar surface area (TPSA) is 99.2 Å². The summed E-state index contributed by atoms with van der Waals surface area (Å²) in [6.07, 6.45) is 5.21. The van der Waals surface area contributed by atoms with E-state index in [0.29, 0.717) is 37.7 Å². The van der Waals surface area contributed by atoms with Crippen LogP contribution in [0.25, 0.3) is 6.08 Å². The highest BCUT2D eigenvalue weighted by atomic mass is 32.2. The van der Waals surface area contributed by atoms with Crippen molar-refractivity contribution in [3.8, 4) is 11.5 Å². The van der Waals surface area contributed by atoms with E-state index in [9.17, 15) is 18.0 Å². The second kappa shape index (κ2) is 12.5. The molecule has 8 nitrogen and oxygen atoms in total. The molecule has 0 radical (unpaired) electrons. The predicted octanol–water partition coefficient (Wildman–Crippen LogP) is 2.86. The van der Waals surface area contributed by atoms with E-state index in [0.717, 1.165) is 18.4 Å². The van der Waals surface area contributed by atoms with Crippen LogP contribution >= 0.6 is 0 Å². The second-order valence-electron chi connectivity index (χ2n) is 7.52. The number of unbranched alkanes of at least 4 members (excludes halogenated alkanes) is 1. The van der Waals surface area contributed by atoms with E-state index in [1.807, 2.05) is 6.92 Å². The molecule has 1 aromatic carbocycles. The van der Waals surface area contributed by atoms with Crippen molar-refractivity contribution in [3.05, 3.63) is 29.8 Å². The molecule has 1 aliphatic heterocycles. The van der Waals surface area contributed by atoms with Gasteiger partial charge in [0.2, 0.25) is 0 Å². The number of rotatable bonds is 12. The molecular formula is C23H33NO7S. The van der Waals surface area contributed by atoms with E-state index in [-0.39, 0.29) is 17.5 Å². The maximum Gasteiger partial charge on any atom is 0.331 e. The summed E-state index contributed by atoms with van der Waals surface area (Å²) in [5.41, 5.74) is 0.728. The number of likely N-dealkylation sites (N-methyl/N-ethyl adjacent to an activating group) is 1. The molecule has 1 heterocycles. The van der Waals surface area contributed by atoms with Gasteiger partial charge in [0.05, 0.1) is 24.7 Å². The Morgan fingerprint density at radius 3 is 2.56 bits per heavy atom. The van der Waals surface area contributed by atoms with E-state index in [1.165, 1.54) is 11.0 Å². The molecule has 0 aliphatic carbocycles. The molecule has 1 unspecified atom stereocenters. The number of sulfone groups is 1. The largest absolute Gasteiger partial charge is 0.490 e. The fourth-order valence-corrected chi connectivity index (χ4v) is 5.16. The third kappa shape index (κ3) is 7.85. The van der Waals surface area contributed by atoms with Crippen LogP contribution in [0.4, 0.5) is 0 Å². The average molecular weight is 468 g/mol. The molecule has 0 bridgehead atoms. The van der Waals surface area contributed by atoms with E-state index in [1.54, 1.807) is 31.2 Å². The predicted molar refractivity (Wildman–Crippen MR) is 122 cm³/mol. The molecule has 1 atom stereocenters. The van der Waals surface area contributed by atoms with Crippen molar-refractivity contribution in [2.75, 3.05) is 37.9 Å². The van der Waals surface area contributed by atoms with E-state index >= 15 is 0 Å². The quantitative estimate of drug-likeness (QED) is 0.265. The molecule has 0 N–H and O–H groups in total. The lowest BCUT2D eigenvalue weighted by Crippen LogP contribution is -2.43. The number of ether oxygens (including phenoxy) is 3. The van der Waals surface area contributed by atoms with Gasteiger partial charge in [-0.3, -0.25) is 4.79 Å². The molecular weight excluding hydrogens is 434 g/mol. The van der Waals surface area contributed by atoms with Gasteiger partial charge in [-0.15, -0.1) is 0 Å². The van der Waals surface area contributed by atoms with Gasteiger partial charge in [0.15, 0.2) is 27.9 Å². The Hall–Kier alpha value is -2.55. The normalized spacial score (nSPS) is 17.3. The second-order valence-corrected chi connectivity index (χ2v) is 9.75. The monoisotopic (exact) mass is 467 g/mol. The lowest BCUT2D eigenvalue weighted by molar-refractivity contribution is -0.149. The molecule has 1 aromatic rings. The van der Waals surface area contributed by atoms with E-state index < -0.39 is 28.3 Å². The Morgan fingerprint density at radius 2 is 1.94 bits per heavy atom. The van der Waals surface area contributed by atoms with Gasteiger partial charge in [-0.25, -0.2) is 13.2 Å². The highest BCUT2D eigenvalue weighted by Gasteiger charge is 2.34. The van der Waals surface area contributed by atoms with Gasteiger partial charge < -0.3 is 19.1 Å². The highest BCUT2D eigenvalue weighted by Crippen LogP contribution is 2.29. The molecule has 32 heavy (non-hydrogen) atoms. The average Bonchev–Trinajstić information content (AvgIpc) is 3.12. The zero-order valence-corrected chi connectivity index (χ0v) is 19.9. The maximum atomic E-state index is 12.4. The van der Waals surface area contributed by atoms with Crippen molar-refractivity contribution < 1.29 is 32.2 Å². The van der Waals surface area contributed by atoms with Gasteiger partial charge in [0.25, 0.3) is 5.91 Å². The summed E-state index contributed by atoms with van der Waals surface area (Å²) in [5.74, 6) is 0.230. The van der Waals surface area contributed by atoms with E-state index in [4.69, 9.17) is 14.2 Å². The van der Waals surface area contributed by atoms with Gasteiger partial charge in [-0.2, -0.15) is 0 Å². The van der Waals surface area contributed by atoms with Crippen LogP contribution in [0, 0.1) is 0 Å². The van der Waals surface area contributed by atoms with Gasteiger partial charge in [-0.05, 0) is 50.5 Å². The lowest BCUT2D eigenvalue weighted by Gasteiger charge is -2.26. The molecule has 2 rings (SSSR count). The summed E-state index contributed by atoms with van der Waals surface area (Å²) < 4.78 is 39.8. The molecule has 0 saturated carbocycles. The fourth-order valence-electron chi connectivity index (χ4n) is 3.43. The molecule has 9 heteroatoms. The first-order chi connectivity index (χ1) is 15.3. The highest BCUT2D eigenvalue weighted by molar-refractivity contribution is 7.91. The van der Waals surface area contributed by atoms with Crippen molar-refractivity contribution in [1.29, 1.82) is 0 Å². The Kier molecular flexibility index (Phi) is 10.0. The minimum absolute atomic E-state index is 0.0409. The Morgan fingerprint density at radius 1 is 1.16 bits per heavy atom. The van der Waals surface area contributed by atoms with Crippen LogP contribution in [-0.4, -0.2) is 69.1 Å². The fraction of sp³-hybridized carbons (Fsp3) is 0.565. The zero-order valence-electron chi connectivity index (χ0n) is 19.0. The standard InChI is InChI=1S/C23H33NO7S/c1-4-7-13-30-20-10-8-18(15-21(20)29-6-3)9-11-23(26)31-16-22(25)24(5-2)19-12-14-32(27,28)17-19/h8-11,15,19H,4-7,12-14,16-17H2,1-3H3/b11-9+. The van der Waals surface area contributed by atoms with Crippen LogP contribution in [0.5, 0.6) is 11.5 Å². The summed E-state index contributed by atoms with van der Waals surface area (Å²) in [5, 5.41) is 0. The molecule has 1 aliphatic rings. The number of hydrogen-bond acceptors (Lipinski definition) is 7. The van der Waals surface area contributed by atoms with Crippen molar-refractivity contribution in [1.82, 2.24) is 4.90 Å². The number of carbonyl (C=O) groups is 2. The molecule has 1 fully saturated rings. The van der Waals surface area contributed by atoms with Crippen molar-refractivity contribution in [2.24, 2.45) is 0 Å². The summed E-state index contributed by atoms with van der Waals surface area (Å²) in [6, 6.07) is 5.02. The summed E-state index contributed by atoms with van der Waals surface area (Å²) in [6.45, 7) is 6.77. The number of benzene rings is 1. The van der Waals surface area contributed by atoms with Crippen LogP contribution in [0.2, 0.25) is 0 Å². The van der Waals surface area contributed by atoms with Crippen LogP contribution in [0.1, 0.15) is 45.6 Å². The molecule has 0 aromatic heterocycles. The SMILES string of the molecule is CCCCOc1ccc(/C=C/C(=O)OCC(=O)N(CC)C2CCS(=O)(=O)C2)cc1OCC. The first kappa shape index (κ1) is 25.7. The third-order valence-corrected chi connectivity index (χ3v) is 6.83. The number of hydrogen-bond donors (Lipinski definition) is 0. The van der Waals surface area contributed by atoms with Crippen LogP contribution < -0.4 is 9.47 Å². The van der Waals surface area contributed by atoms with Crippen molar-refractivity contribution >= 4 is 27.8 Å². The number of amides is 1.